The molecule has 0 spiro atoms. The van der Waals surface area contributed by atoms with E-state index in [1.165, 1.54) is 23.1 Å². The average Bonchev–Trinajstić information content (AvgIpc) is 3.43. The van der Waals surface area contributed by atoms with Crippen LogP contribution in [-0.4, -0.2) is 38.2 Å². The number of thioether (sulfide) groups is 1. The first-order valence-corrected chi connectivity index (χ1v) is 13.8. The van der Waals surface area contributed by atoms with Gasteiger partial charge < -0.3 is 20.9 Å². The molecule has 0 saturated carbocycles. The zero-order valence-corrected chi connectivity index (χ0v) is 22.2. The maximum Gasteiger partial charge on any atom is 0.251 e. The summed E-state index contributed by atoms with van der Waals surface area (Å²) in [5.41, 5.74) is 8.72. The van der Waals surface area contributed by atoms with Crippen LogP contribution in [0.25, 0.3) is 0 Å². The number of hydrogen-bond donors (Lipinski definition) is 3. The Hall–Kier alpha value is -3.18. The van der Waals surface area contributed by atoms with Crippen molar-refractivity contribution in [3.05, 3.63) is 57.2 Å². The summed E-state index contributed by atoms with van der Waals surface area (Å²) in [6, 6.07) is 6.99. The van der Waals surface area contributed by atoms with E-state index in [1.54, 1.807) is 12.1 Å². The Labute approximate surface area is 218 Å². The molecule has 0 aliphatic heterocycles. The Bertz CT molecular complexity index is 1280. The second-order valence-corrected chi connectivity index (χ2v) is 10.8. The number of benzene rings is 1. The van der Waals surface area contributed by atoms with Gasteiger partial charge >= 0.3 is 0 Å². The molecule has 0 fully saturated rings. The molecule has 3 aromatic rings. The number of aromatic nitrogens is 3. The Morgan fingerprint density at radius 2 is 1.89 bits per heavy atom. The van der Waals surface area contributed by atoms with Crippen molar-refractivity contribution in [3.8, 4) is 0 Å². The van der Waals surface area contributed by atoms with E-state index >= 15 is 0 Å². The van der Waals surface area contributed by atoms with Gasteiger partial charge in [0.15, 0.2) is 11.0 Å². The zero-order chi connectivity index (χ0) is 25.8. The Morgan fingerprint density at radius 3 is 2.58 bits per heavy atom. The second-order valence-electron chi connectivity index (χ2n) is 8.76. The van der Waals surface area contributed by atoms with Crippen molar-refractivity contribution in [1.82, 2.24) is 20.1 Å². The third-order valence-electron chi connectivity index (χ3n) is 6.11. The quantitative estimate of drug-likeness (QED) is 0.363. The lowest BCUT2D eigenvalue weighted by Gasteiger charge is -2.15. The molecular weight excluding hydrogens is 496 g/mol. The molecule has 0 unspecified atom stereocenters. The lowest BCUT2D eigenvalue weighted by Crippen LogP contribution is -2.28. The number of primary amides is 1. The number of hydrogen-bond acceptors (Lipinski definition) is 7. The fourth-order valence-corrected chi connectivity index (χ4v) is 6.40. The summed E-state index contributed by atoms with van der Waals surface area (Å²) in [6.07, 6.45) is 3.82. The summed E-state index contributed by atoms with van der Waals surface area (Å²) < 4.78 is 1.89. The summed E-state index contributed by atoms with van der Waals surface area (Å²) >= 11 is 2.70. The summed E-state index contributed by atoms with van der Waals surface area (Å²) in [5, 5.41) is 15.5. The standard InChI is InChI=1S/C25H30N6O3S2/c1-4-31-22(15(3)27-23(34)16-11-9-14(2)10-12-16)29-30-25(31)35-13-19(32)28-24-20(21(26)33)17-7-5-6-8-18(17)36-24/h9-12,15H,4-8,13H2,1-3H3,(H2,26,33)(H,27,34)(H,28,32)/t15-/m1/s1. The van der Waals surface area contributed by atoms with Gasteiger partial charge in [0, 0.05) is 17.0 Å². The van der Waals surface area contributed by atoms with E-state index in [1.807, 2.05) is 37.5 Å². The number of nitrogens with one attached hydrogen (secondary N) is 2. The smallest absolute Gasteiger partial charge is 0.251 e. The van der Waals surface area contributed by atoms with Crippen molar-refractivity contribution < 1.29 is 14.4 Å². The van der Waals surface area contributed by atoms with Crippen LogP contribution in [0.5, 0.6) is 0 Å². The maximum atomic E-state index is 12.7. The number of aryl methyl sites for hydroxylation is 2. The van der Waals surface area contributed by atoms with Gasteiger partial charge in [-0.15, -0.1) is 21.5 Å². The van der Waals surface area contributed by atoms with Crippen molar-refractivity contribution in [1.29, 1.82) is 0 Å². The van der Waals surface area contributed by atoms with E-state index in [-0.39, 0.29) is 23.6 Å². The SMILES string of the molecule is CCn1c(SCC(=O)Nc2sc3c(c2C(N)=O)CCCC3)nnc1[C@@H](C)NC(=O)c1ccc(C)cc1. The minimum Gasteiger partial charge on any atom is -0.365 e. The highest BCUT2D eigenvalue weighted by Crippen LogP contribution is 2.38. The minimum absolute atomic E-state index is 0.100. The van der Waals surface area contributed by atoms with Crippen LogP contribution in [0.2, 0.25) is 0 Å². The van der Waals surface area contributed by atoms with Crippen LogP contribution in [0.4, 0.5) is 5.00 Å². The molecule has 2 heterocycles. The number of rotatable bonds is 9. The van der Waals surface area contributed by atoms with Gasteiger partial charge in [0.05, 0.1) is 17.4 Å². The van der Waals surface area contributed by atoms with E-state index < -0.39 is 5.91 Å². The normalized spacial score (nSPS) is 13.6. The van der Waals surface area contributed by atoms with Crippen molar-refractivity contribution in [2.24, 2.45) is 5.73 Å². The monoisotopic (exact) mass is 526 g/mol. The van der Waals surface area contributed by atoms with Crippen LogP contribution in [0.3, 0.4) is 0 Å². The third-order valence-corrected chi connectivity index (χ3v) is 8.29. The molecule has 2 aromatic heterocycles. The number of fused-ring (bicyclic) bond motifs is 1. The number of thiophene rings is 1. The molecule has 4 rings (SSSR count). The lowest BCUT2D eigenvalue weighted by molar-refractivity contribution is -0.113. The molecule has 4 N–H and O–H groups in total. The van der Waals surface area contributed by atoms with Gasteiger partial charge in [-0.3, -0.25) is 14.4 Å². The number of amides is 3. The van der Waals surface area contributed by atoms with Gasteiger partial charge in [-0.25, -0.2) is 0 Å². The first-order chi connectivity index (χ1) is 17.3. The molecule has 1 aromatic carbocycles. The average molecular weight is 527 g/mol. The number of nitrogens with two attached hydrogens (primary N) is 1. The summed E-state index contributed by atoms with van der Waals surface area (Å²) in [7, 11) is 0. The predicted molar refractivity (Wildman–Crippen MR) is 142 cm³/mol. The van der Waals surface area contributed by atoms with E-state index in [2.05, 4.69) is 20.8 Å². The van der Waals surface area contributed by atoms with Crippen LogP contribution in [0, 0.1) is 6.92 Å². The Kier molecular flexibility index (Phi) is 8.10. The lowest BCUT2D eigenvalue weighted by atomic mass is 9.95. The number of carbonyl (C=O) groups is 3. The highest BCUT2D eigenvalue weighted by atomic mass is 32.2. The van der Waals surface area contributed by atoms with Gasteiger partial charge in [-0.1, -0.05) is 29.5 Å². The third kappa shape index (κ3) is 5.62. The van der Waals surface area contributed by atoms with E-state index in [9.17, 15) is 14.4 Å². The molecule has 36 heavy (non-hydrogen) atoms. The number of nitrogens with zero attached hydrogens (tertiary/aromatic N) is 3. The van der Waals surface area contributed by atoms with E-state index in [0.717, 1.165) is 41.7 Å². The van der Waals surface area contributed by atoms with Crippen molar-refractivity contribution in [2.45, 2.75) is 64.2 Å². The molecule has 0 saturated heterocycles. The van der Waals surface area contributed by atoms with E-state index in [0.29, 0.717) is 33.7 Å². The fraction of sp³-hybridized carbons (Fsp3) is 0.400. The van der Waals surface area contributed by atoms with Gasteiger partial charge in [-0.05, 0) is 64.2 Å². The molecule has 1 aliphatic carbocycles. The van der Waals surface area contributed by atoms with Crippen LogP contribution < -0.4 is 16.4 Å². The van der Waals surface area contributed by atoms with E-state index in [4.69, 9.17) is 5.73 Å². The van der Waals surface area contributed by atoms with Crippen molar-refractivity contribution in [2.75, 3.05) is 11.1 Å². The van der Waals surface area contributed by atoms with Crippen LogP contribution in [0.15, 0.2) is 29.4 Å². The first kappa shape index (κ1) is 25.9. The Balaban J connectivity index is 1.40. The van der Waals surface area contributed by atoms with Gasteiger partial charge in [0.25, 0.3) is 11.8 Å². The minimum atomic E-state index is -0.505. The molecule has 0 bridgehead atoms. The van der Waals surface area contributed by atoms with Crippen molar-refractivity contribution in [3.63, 3.8) is 0 Å². The van der Waals surface area contributed by atoms with Crippen LogP contribution >= 0.6 is 23.1 Å². The zero-order valence-electron chi connectivity index (χ0n) is 20.6. The topological polar surface area (TPSA) is 132 Å². The van der Waals surface area contributed by atoms with Gasteiger partial charge in [-0.2, -0.15) is 0 Å². The van der Waals surface area contributed by atoms with Crippen LogP contribution in [-0.2, 0) is 24.2 Å². The summed E-state index contributed by atoms with van der Waals surface area (Å²) in [5.74, 6) is -0.222. The molecule has 9 nitrogen and oxygen atoms in total. The maximum absolute atomic E-state index is 12.7. The molecular formula is C25H30N6O3S2. The number of carbonyl (C=O) groups excluding carboxylic acids is 3. The van der Waals surface area contributed by atoms with Crippen molar-refractivity contribution >= 4 is 45.8 Å². The molecule has 190 valence electrons. The number of anilines is 1. The molecule has 3 amide bonds. The predicted octanol–water partition coefficient (Wildman–Crippen LogP) is 3.87. The molecule has 11 heteroatoms. The largest absolute Gasteiger partial charge is 0.365 e. The molecule has 0 radical (unpaired) electrons. The van der Waals surface area contributed by atoms with Gasteiger partial charge in [0.2, 0.25) is 5.91 Å². The molecule has 1 atom stereocenters. The Morgan fingerprint density at radius 1 is 1.17 bits per heavy atom. The highest BCUT2D eigenvalue weighted by Gasteiger charge is 2.25. The summed E-state index contributed by atoms with van der Waals surface area (Å²) in [6.45, 7) is 6.37. The second kappa shape index (κ2) is 11.3. The fourth-order valence-electron chi connectivity index (χ4n) is 4.28. The van der Waals surface area contributed by atoms with Crippen LogP contribution in [0.1, 0.15) is 75.3 Å². The first-order valence-electron chi connectivity index (χ1n) is 12.0. The summed E-state index contributed by atoms with van der Waals surface area (Å²) in [4.78, 5) is 38.6. The molecule has 1 aliphatic rings. The van der Waals surface area contributed by atoms with Gasteiger partial charge in [0.1, 0.15) is 5.00 Å². The highest BCUT2D eigenvalue weighted by molar-refractivity contribution is 7.99.